The number of nitrogens with zero attached hydrogens (tertiary/aromatic N) is 1. The Morgan fingerprint density at radius 1 is 1.42 bits per heavy atom. The lowest BCUT2D eigenvalue weighted by Crippen LogP contribution is -2.71. The molecule has 1 saturated heterocycles. The Hall–Kier alpha value is -2.22. The molecule has 5 N–H and O–H groups in total. The number of fused-ring (bicyclic) bond motifs is 1. The third kappa shape index (κ3) is 5.00. The zero-order valence-corrected chi connectivity index (χ0v) is 19.1. The largest absolute Gasteiger partial charge is 0.477 e. The number of benzene rings is 1. The van der Waals surface area contributed by atoms with Gasteiger partial charge in [0.25, 0.3) is 5.91 Å². The number of anilines is 1. The molecule has 10 nitrogen and oxygen atoms in total. The van der Waals surface area contributed by atoms with Crippen molar-refractivity contribution in [3.63, 3.8) is 0 Å². The Labute approximate surface area is 188 Å². The number of β-lactam (4-membered cyclic amide) rings is 1. The number of hydrogen-bond donors (Lipinski definition) is 4. The minimum atomic E-state index is -3.49. The minimum Gasteiger partial charge on any atom is -0.477 e. The molecule has 13 heteroatoms. The summed E-state index contributed by atoms with van der Waals surface area (Å²) in [7, 11) is -3.49. The molecule has 0 saturated carbocycles. The van der Waals surface area contributed by atoms with Crippen LogP contribution in [0.15, 0.2) is 35.5 Å². The van der Waals surface area contributed by atoms with Crippen molar-refractivity contribution >= 4 is 57.0 Å². The fraction of sp³-hybridized carbons (Fsp3) is 0.389. The molecule has 168 valence electrons. The summed E-state index contributed by atoms with van der Waals surface area (Å²) in [5.41, 5.74) is 7.30. The van der Waals surface area contributed by atoms with Crippen LogP contribution in [0.25, 0.3) is 0 Å². The molecule has 0 radical (unpaired) electrons. The lowest BCUT2D eigenvalue weighted by molar-refractivity contribution is -0.150. The van der Waals surface area contributed by atoms with Crippen molar-refractivity contribution in [2.45, 2.75) is 17.5 Å². The normalized spacial score (nSPS) is 21.8. The summed E-state index contributed by atoms with van der Waals surface area (Å²) in [4.78, 5) is 38.2. The van der Waals surface area contributed by atoms with Crippen LogP contribution in [0, 0.1) is 0 Å². The van der Waals surface area contributed by atoms with Crippen LogP contribution in [0.5, 0.6) is 0 Å². The van der Waals surface area contributed by atoms with Crippen LogP contribution in [0.4, 0.5) is 5.69 Å². The van der Waals surface area contributed by atoms with Gasteiger partial charge in [-0.1, -0.05) is 12.1 Å². The predicted octanol–water partition coefficient (Wildman–Crippen LogP) is 0.160. The lowest BCUT2D eigenvalue weighted by atomic mass is 10.0. The summed E-state index contributed by atoms with van der Waals surface area (Å²) in [5, 5.41) is 11.6. The first-order chi connectivity index (χ1) is 14.5. The Bertz CT molecular complexity index is 1060. The fourth-order valence-electron chi connectivity index (χ4n) is 3.37. The molecule has 0 spiro atoms. The van der Waals surface area contributed by atoms with E-state index in [2.05, 4.69) is 10.0 Å². The van der Waals surface area contributed by atoms with Crippen molar-refractivity contribution < 1.29 is 27.9 Å². The standard InChI is InChI=1S/C18H22N4O6S3/c1-29-7-10-8-30-17-13(16(24)22(17)14(10)18(25)26)20-15(23)12(19)9-4-3-5-11(6-9)21-31(2,27)28/h3-6,12-13,17,21H,7-8,19H2,1-2H3,(H,20,23)(H,25,26)/t12?,13?,17-/m0/s1. The molecule has 3 atom stereocenters. The second-order valence-corrected chi connectivity index (χ2v) is 10.8. The molecule has 1 fully saturated rings. The molecule has 1 aromatic carbocycles. The Kier molecular flexibility index (Phi) is 6.88. The van der Waals surface area contributed by atoms with Crippen LogP contribution < -0.4 is 15.8 Å². The SMILES string of the molecule is CSCC1=C(C(=O)O)N2C(=O)C(NC(=O)C(N)c3cccc(NS(C)(=O)=O)c3)[C@@H]2SC1. The summed E-state index contributed by atoms with van der Waals surface area (Å²) in [6.07, 6.45) is 2.86. The maximum atomic E-state index is 12.7. The van der Waals surface area contributed by atoms with Crippen molar-refractivity contribution in [3.05, 3.63) is 41.1 Å². The summed E-state index contributed by atoms with van der Waals surface area (Å²) in [6, 6.07) is 4.06. The molecule has 1 aromatic rings. The number of carbonyl (C=O) groups is 3. The molecule has 2 heterocycles. The molecular formula is C18H22N4O6S3. The average Bonchev–Trinajstić information content (AvgIpc) is 2.69. The van der Waals surface area contributed by atoms with Gasteiger partial charge in [0.2, 0.25) is 15.9 Å². The number of hydrogen-bond acceptors (Lipinski definition) is 8. The minimum absolute atomic E-state index is 0.0163. The number of nitrogens with two attached hydrogens (primary N) is 1. The van der Waals surface area contributed by atoms with Gasteiger partial charge in [0.1, 0.15) is 23.2 Å². The lowest BCUT2D eigenvalue weighted by Gasteiger charge is -2.49. The molecule has 2 unspecified atom stereocenters. The van der Waals surface area contributed by atoms with E-state index in [1.807, 2.05) is 6.26 Å². The van der Waals surface area contributed by atoms with Gasteiger partial charge in [-0.3, -0.25) is 19.2 Å². The van der Waals surface area contributed by atoms with Crippen LogP contribution in [-0.4, -0.2) is 71.6 Å². The van der Waals surface area contributed by atoms with E-state index in [-0.39, 0.29) is 11.4 Å². The number of rotatable bonds is 8. The molecule has 2 aliphatic heterocycles. The number of aliphatic carboxylic acids is 1. The Balaban J connectivity index is 1.72. The third-order valence-corrected chi connectivity index (χ3v) is 7.28. The van der Waals surface area contributed by atoms with Crippen LogP contribution in [0.1, 0.15) is 11.6 Å². The van der Waals surface area contributed by atoms with Gasteiger partial charge in [-0.15, -0.1) is 11.8 Å². The fourth-order valence-corrected chi connectivity index (χ4v) is 5.99. The number of carboxylic acid groups (broad SMARTS) is 1. The highest BCUT2D eigenvalue weighted by Gasteiger charge is 2.54. The second kappa shape index (κ2) is 9.10. The summed E-state index contributed by atoms with van der Waals surface area (Å²) >= 11 is 2.86. The van der Waals surface area contributed by atoms with E-state index < -0.39 is 45.3 Å². The van der Waals surface area contributed by atoms with E-state index in [0.717, 1.165) is 6.26 Å². The van der Waals surface area contributed by atoms with E-state index >= 15 is 0 Å². The molecule has 0 aliphatic carbocycles. The van der Waals surface area contributed by atoms with Gasteiger partial charge in [0, 0.05) is 17.2 Å². The Morgan fingerprint density at radius 3 is 2.74 bits per heavy atom. The van der Waals surface area contributed by atoms with Gasteiger partial charge in [-0.05, 0) is 29.5 Å². The quantitative estimate of drug-likeness (QED) is 0.375. The first-order valence-corrected chi connectivity index (χ1v) is 13.4. The van der Waals surface area contributed by atoms with Crippen molar-refractivity contribution in [1.29, 1.82) is 0 Å². The summed E-state index contributed by atoms with van der Waals surface area (Å²) in [5.74, 6) is -1.33. The number of carbonyl (C=O) groups excluding carboxylic acids is 2. The van der Waals surface area contributed by atoms with Crippen molar-refractivity contribution in [1.82, 2.24) is 10.2 Å². The molecule has 0 bridgehead atoms. The average molecular weight is 487 g/mol. The Morgan fingerprint density at radius 2 is 2.13 bits per heavy atom. The van der Waals surface area contributed by atoms with Gasteiger partial charge in [-0.2, -0.15) is 11.8 Å². The molecule has 31 heavy (non-hydrogen) atoms. The van der Waals surface area contributed by atoms with Gasteiger partial charge in [-0.25, -0.2) is 13.2 Å². The molecule has 2 amide bonds. The van der Waals surface area contributed by atoms with Gasteiger partial charge in [0.05, 0.1) is 6.26 Å². The summed E-state index contributed by atoms with van der Waals surface area (Å²) in [6.45, 7) is 0. The number of amides is 2. The highest BCUT2D eigenvalue weighted by atomic mass is 32.2. The van der Waals surface area contributed by atoms with E-state index in [0.29, 0.717) is 22.6 Å². The molecule has 3 rings (SSSR count). The predicted molar refractivity (Wildman–Crippen MR) is 120 cm³/mol. The van der Waals surface area contributed by atoms with Gasteiger partial charge >= 0.3 is 5.97 Å². The first kappa shape index (κ1) is 23.4. The topological polar surface area (TPSA) is 159 Å². The molecule has 2 aliphatic rings. The number of carboxylic acids is 1. The van der Waals surface area contributed by atoms with Crippen LogP contribution in [-0.2, 0) is 24.4 Å². The van der Waals surface area contributed by atoms with Crippen molar-refractivity contribution in [2.75, 3.05) is 28.7 Å². The van der Waals surface area contributed by atoms with Crippen LogP contribution in [0.3, 0.4) is 0 Å². The maximum absolute atomic E-state index is 12.7. The first-order valence-electron chi connectivity index (χ1n) is 9.06. The number of thioether (sulfide) groups is 2. The van der Waals surface area contributed by atoms with E-state index in [4.69, 9.17) is 5.73 Å². The van der Waals surface area contributed by atoms with Gasteiger partial charge < -0.3 is 16.2 Å². The number of nitrogens with one attached hydrogen (secondary N) is 2. The van der Waals surface area contributed by atoms with E-state index in [9.17, 15) is 27.9 Å². The molecular weight excluding hydrogens is 464 g/mol. The zero-order valence-electron chi connectivity index (χ0n) is 16.7. The van der Waals surface area contributed by atoms with Crippen LogP contribution >= 0.6 is 23.5 Å². The van der Waals surface area contributed by atoms with E-state index in [1.54, 1.807) is 12.1 Å². The monoisotopic (exact) mass is 486 g/mol. The zero-order chi connectivity index (χ0) is 22.9. The summed E-state index contributed by atoms with van der Waals surface area (Å²) < 4.78 is 25.1. The highest BCUT2D eigenvalue weighted by molar-refractivity contribution is 8.00. The number of sulfonamides is 1. The van der Waals surface area contributed by atoms with Crippen molar-refractivity contribution in [2.24, 2.45) is 5.73 Å². The van der Waals surface area contributed by atoms with Crippen molar-refractivity contribution in [3.8, 4) is 0 Å². The second-order valence-electron chi connectivity index (χ2n) is 7.06. The maximum Gasteiger partial charge on any atom is 0.352 e. The third-order valence-electron chi connectivity index (χ3n) is 4.70. The van der Waals surface area contributed by atoms with E-state index in [1.165, 1.54) is 40.6 Å². The van der Waals surface area contributed by atoms with Crippen LogP contribution in [0.2, 0.25) is 0 Å². The highest BCUT2D eigenvalue weighted by Crippen LogP contribution is 2.41. The smallest absolute Gasteiger partial charge is 0.352 e. The van der Waals surface area contributed by atoms with Gasteiger partial charge in [0.15, 0.2) is 0 Å². The molecule has 0 aromatic heterocycles.